The Labute approximate surface area is 142 Å². The van der Waals surface area contributed by atoms with E-state index in [4.69, 9.17) is 9.47 Å². The molecule has 0 saturated heterocycles. The average molecular weight is 320 g/mol. The van der Waals surface area contributed by atoms with Crippen molar-refractivity contribution in [2.24, 2.45) is 0 Å². The van der Waals surface area contributed by atoms with Crippen molar-refractivity contribution in [1.82, 2.24) is 0 Å². The van der Waals surface area contributed by atoms with E-state index in [9.17, 15) is 4.79 Å². The van der Waals surface area contributed by atoms with E-state index >= 15 is 0 Å². The van der Waals surface area contributed by atoms with Crippen molar-refractivity contribution < 1.29 is 14.3 Å². The summed E-state index contributed by atoms with van der Waals surface area (Å²) >= 11 is 0. The highest BCUT2D eigenvalue weighted by molar-refractivity contribution is 5.76. The van der Waals surface area contributed by atoms with E-state index in [1.807, 2.05) is 36.4 Å². The Morgan fingerprint density at radius 3 is 2.33 bits per heavy atom. The molecule has 0 unspecified atom stereocenters. The van der Waals surface area contributed by atoms with E-state index in [1.54, 1.807) is 12.1 Å². The van der Waals surface area contributed by atoms with E-state index in [2.05, 4.69) is 18.2 Å². The van der Waals surface area contributed by atoms with Crippen LogP contribution < -0.4 is 9.47 Å². The monoisotopic (exact) mass is 320 g/mol. The zero-order valence-electron chi connectivity index (χ0n) is 13.5. The molecule has 0 atom stereocenters. The zero-order valence-corrected chi connectivity index (χ0v) is 13.5. The highest BCUT2D eigenvalue weighted by Crippen LogP contribution is 2.24. The minimum atomic E-state index is 0.455. The molecule has 0 N–H and O–H groups in total. The van der Waals surface area contributed by atoms with Crippen molar-refractivity contribution in [2.45, 2.75) is 19.4 Å². The Morgan fingerprint density at radius 1 is 0.917 bits per heavy atom. The second-order valence-electron chi connectivity index (χ2n) is 5.68. The maximum Gasteiger partial charge on any atom is 0.150 e. The lowest BCUT2D eigenvalue weighted by molar-refractivity contribution is 0.112. The average Bonchev–Trinajstić information content (AvgIpc) is 2.66. The van der Waals surface area contributed by atoms with Gasteiger partial charge in [0.25, 0.3) is 0 Å². The van der Waals surface area contributed by atoms with Crippen molar-refractivity contribution in [2.75, 3.05) is 6.61 Å². The molecule has 3 nitrogen and oxygen atoms in total. The molecule has 0 amide bonds. The number of aldehydes is 1. The molecule has 0 fully saturated rings. The molecule has 122 valence electrons. The number of carbonyl (C=O) groups excluding carboxylic acids is 1. The summed E-state index contributed by atoms with van der Waals surface area (Å²) in [7, 11) is 0. The Hall–Kier alpha value is -2.81. The molecule has 3 rings (SSSR count). The third kappa shape index (κ3) is 4.59. The summed E-state index contributed by atoms with van der Waals surface area (Å²) in [6.07, 6.45) is 9.35. The highest BCUT2D eigenvalue weighted by atomic mass is 16.5. The molecule has 1 aliphatic rings. The maximum atomic E-state index is 11.2. The van der Waals surface area contributed by atoms with Crippen molar-refractivity contribution in [1.29, 1.82) is 0 Å². The molecule has 0 heterocycles. The van der Waals surface area contributed by atoms with Gasteiger partial charge in [-0.05, 0) is 36.1 Å². The van der Waals surface area contributed by atoms with Crippen LogP contribution >= 0.6 is 0 Å². The molecular weight excluding hydrogens is 300 g/mol. The third-order valence-corrected chi connectivity index (χ3v) is 3.76. The number of hydrogen-bond donors (Lipinski definition) is 0. The summed E-state index contributed by atoms with van der Waals surface area (Å²) in [5.74, 6) is 1.27. The smallest absolute Gasteiger partial charge is 0.150 e. The fraction of sp³-hybridized carbons (Fsp3) is 0.190. The van der Waals surface area contributed by atoms with Crippen LogP contribution in [-0.2, 0) is 6.61 Å². The molecule has 0 saturated carbocycles. The van der Waals surface area contributed by atoms with Crippen LogP contribution in [0.25, 0.3) is 0 Å². The standard InChI is InChI=1S/C21H20O3/c22-14-19-11-20(23-15-17-7-3-1-4-8-17)13-21(12-19)24-16-18-9-5-2-6-10-18/h1,3-5,7-14H,2,6,15-16H2. The molecule has 1 aliphatic carbocycles. The van der Waals surface area contributed by atoms with Gasteiger partial charge in [0, 0.05) is 11.6 Å². The quantitative estimate of drug-likeness (QED) is 0.692. The van der Waals surface area contributed by atoms with Gasteiger partial charge >= 0.3 is 0 Å². The molecule has 2 aromatic rings. The molecule has 24 heavy (non-hydrogen) atoms. The van der Waals surface area contributed by atoms with Gasteiger partial charge in [-0.1, -0.05) is 48.6 Å². The molecule has 0 radical (unpaired) electrons. The first-order chi connectivity index (χ1) is 11.8. The summed E-state index contributed by atoms with van der Waals surface area (Å²) in [5.41, 5.74) is 2.78. The van der Waals surface area contributed by atoms with Crippen molar-refractivity contribution in [3.63, 3.8) is 0 Å². The summed E-state index contributed by atoms with van der Waals surface area (Å²) < 4.78 is 11.6. The lowest BCUT2D eigenvalue weighted by Crippen LogP contribution is -2.02. The molecular formula is C21H20O3. The molecule has 2 aromatic carbocycles. The van der Waals surface area contributed by atoms with Gasteiger partial charge in [-0.15, -0.1) is 0 Å². The van der Waals surface area contributed by atoms with Crippen molar-refractivity contribution in [3.05, 3.63) is 83.5 Å². The second-order valence-corrected chi connectivity index (χ2v) is 5.68. The largest absolute Gasteiger partial charge is 0.489 e. The van der Waals surface area contributed by atoms with Crippen molar-refractivity contribution in [3.8, 4) is 11.5 Å². The number of ether oxygens (including phenoxy) is 2. The SMILES string of the molecule is O=Cc1cc(OCC2=CCCC=C2)cc(OCc2ccccc2)c1. The van der Waals surface area contributed by atoms with E-state index in [0.29, 0.717) is 30.3 Å². The molecule has 0 bridgehead atoms. The van der Waals surface area contributed by atoms with Crippen LogP contribution in [0.2, 0.25) is 0 Å². The first-order valence-electron chi connectivity index (χ1n) is 8.09. The van der Waals surface area contributed by atoms with Gasteiger partial charge in [-0.25, -0.2) is 0 Å². The van der Waals surface area contributed by atoms with Crippen LogP contribution in [0.4, 0.5) is 0 Å². The predicted octanol–water partition coefficient (Wildman–Crippen LogP) is 4.73. The second kappa shape index (κ2) is 8.16. The Kier molecular flexibility index (Phi) is 5.46. The van der Waals surface area contributed by atoms with Crippen LogP contribution in [-0.4, -0.2) is 12.9 Å². The number of carbonyl (C=O) groups is 1. The molecule has 0 aliphatic heterocycles. The van der Waals surface area contributed by atoms with Crippen LogP contribution in [0.5, 0.6) is 11.5 Å². The first-order valence-corrected chi connectivity index (χ1v) is 8.09. The van der Waals surface area contributed by atoms with Gasteiger partial charge in [0.2, 0.25) is 0 Å². The van der Waals surface area contributed by atoms with E-state index in [-0.39, 0.29) is 0 Å². The Bertz CT molecular complexity index is 745. The van der Waals surface area contributed by atoms with Crippen LogP contribution in [0.15, 0.2) is 72.3 Å². The van der Waals surface area contributed by atoms with Gasteiger partial charge in [-0.3, -0.25) is 4.79 Å². The summed E-state index contributed by atoms with van der Waals surface area (Å²) in [6, 6.07) is 15.2. The minimum absolute atomic E-state index is 0.455. The normalized spacial score (nSPS) is 13.2. The number of allylic oxidation sites excluding steroid dienone is 2. The third-order valence-electron chi connectivity index (χ3n) is 3.76. The van der Waals surface area contributed by atoms with Gasteiger partial charge in [0.15, 0.2) is 0 Å². The number of benzene rings is 2. The fourth-order valence-corrected chi connectivity index (χ4v) is 2.51. The summed E-state index contributed by atoms with van der Waals surface area (Å²) in [5, 5.41) is 0. The minimum Gasteiger partial charge on any atom is -0.489 e. The molecule has 0 spiro atoms. The predicted molar refractivity (Wildman–Crippen MR) is 94.6 cm³/mol. The maximum absolute atomic E-state index is 11.2. The Balaban J connectivity index is 1.67. The molecule has 3 heteroatoms. The Morgan fingerprint density at radius 2 is 1.67 bits per heavy atom. The van der Waals surface area contributed by atoms with Gasteiger partial charge in [0.05, 0.1) is 0 Å². The van der Waals surface area contributed by atoms with Gasteiger partial charge in [0.1, 0.15) is 31.0 Å². The van der Waals surface area contributed by atoms with Crippen LogP contribution in [0.3, 0.4) is 0 Å². The van der Waals surface area contributed by atoms with E-state index in [1.165, 1.54) is 0 Å². The van der Waals surface area contributed by atoms with E-state index in [0.717, 1.165) is 30.3 Å². The first kappa shape index (κ1) is 16.1. The molecule has 0 aromatic heterocycles. The highest BCUT2D eigenvalue weighted by Gasteiger charge is 2.05. The van der Waals surface area contributed by atoms with Gasteiger partial charge < -0.3 is 9.47 Å². The zero-order chi connectivity index (χ0) is 16.6. The lowest BCUT2D eigenvalue weighted by Gasteiger charge is -2.12. The summed E-state index contributed by atoms with van der Waals surface area (Å²) in [4.78, 5) is 11.2. The van der Waals surface area contributed by atoms with Crippen molar-refractivity contribution >= 4 is 6.29 Å². The fourth-order valence-electron chi connectivity index (χ4n) is 2.51. The van der Waals surface area contributed by atoms with Gasteiger partial charge in [-0.2, -0.15) is 0 Å². The van der Waals surface area contributed by atoms with Crippen LogP contribution in [0.1, 0.15) is 28.8 Å². The van der Waals surface area contributed by atoms with E-state index < -0.39 is 0 Å². The lowest BCUT2D eigenvalue weighted by atomic mass is 10.1. The topological polar surface area (TPSA) is 35.5 Å². The summed E-state index contributed by atoms with van der Waals surface area (Å²) in [6.45, 7) is 0.952. The number of rotatable bonds is 7. The van der Waals surface area contributed by atoms with Crippen LogP contribution in [0, 0.1) is 0 Å². The number of hydrogen-bond acceptors (Lipinski definition) is 3.